The number of nitro groups is 1. The van der Waals surface area contributed by atoms with Crippen molar-refractivity contribution >= 4 is 5.69 Å². The van der Waals surface area contributed by atoms with Gasteiger partial charge in [-0.25, -0.2) is 0 Å². The molecule has 0 radical (unpaired) electrons. The van der Waals surface area contributed by atoms with Gasteiger partial charge in [-0.05, 0) is 19.4 Å². The number of rotatable bonds is 5. The fourth-order valence-electron chi connectivity index (χ4n) is 1.41. The zero-order chi connectivity index (χ0) is 12.1. The molecule has 0 aromatic heterocycles. The van der Waals surface area contributed by atoms with Crippen LogP contribution in [0, 0.1) is 17.0 Å². The van der Waals surface area contributed by atoms with Crippen molar-refractivity contribution in [1.29, 1.82) is 0 Å². The average molecular weight is 224 g/mol. The van der Waals surface area contributed by atoms with Crippen LogP contribution in [0.4, 0.5) is 5.69 Å². The molecular weight excluding hydrogens is 208 g/mol. The molecule has 5 nitrogen and oxygen atoms in total. The predicted molar refractivity (Wildman–Crippen MR) is 61.2 cm³/mol. The molecule has 0 aliphatic carbocycles. The normalized spacial score (nSPS) is 12.4. The van der Waals surface area contributed by atoms with Crippen LogP contribution in [0.5, 0.6) is 0 Å². The second-order valence-electron chi connectivity index (χ2n) is 3.78. The van der Waals surface area contributed by atoms with Crippen LogP contribution in [0.2, 0.25) is 0 Å². The van der Waals surface area contributed by atoms with Gasteiger partial charge in [-0.15, -0.1) is 0 Å². The molecule has 0 fully saturated rings. The summed E-state index contributed by atoms with van der Waals surface area (Å²) in [4.78, 5) is 10.3. The van der Waals surface area contributed by atoms with Crippen LogP contribution in [0.25, 0.3) is 0 Å². The zero-order valence-electron chi connectivity index (χ0n) is 9.43. The number of nitro benzene ring substituents is 1. The number of aliphatic hydroxyl groups excluding tert-OH is 1. The SMILES string of the molecule is Cc1c(CNC(C)CO)cccc1[N+](=O)[O-]. The molecule has 0 saturated heterocycles. The summed E-state index contributed by atoms with van der Waals surface area (Å²) in [6, 6.07) is 5.00. The molecule has 0 spiro atoms. The van der Waals surface area contributed by atoms with Gasteiger partial charge in [0.15, 0.2) is 0 Å². The van der Waals surface area contributed by atoms with E-state index in [1.165, 1.54) is 6.07 Å². The van der Waals surface area contributed by atoms with Gasteiger partial charge >= 0.3 is 0 Å². The van der Waals surface area contributed by atoms with Crippen LogP contribution in [-0.4, -0.2) is 22.7 Å². The van der Waals surface area contributed by atoms with Gasteiger partial charge in [-0.3, -0.25) is 10.1 Å². The molecule has 16 heavy (non-hydrogen) atoms. The smallest absolute Gasteiger partial charge is 0.272 e. The number of benzene rings is 1. The quantitative estimate of drug-likeness (QED) is 0.585. The molecule has 2 N–H and O–H groups in total. The molecule has 1 atom stereocenters. The molecule has 1 rings (SSSR count). The van der Waals surface area contributed by atoms with Crippen LogP contribution in [0.15, 0.2) is 18.2 Å². The van der Waals surface area contributed by atoms with Crippen LogP contribution in [-0.2, 0) is 6.54 Å². The van der Waals surface area contributed by atoms with Crippen molar-refractivity contribution in [3.05, 3.63) is 39.4 Å². The lowest BCUT2D eigenvalue weighted by molar-refractivity contribution is -0.385. The maximum Gasteiger partial charge on any atom is 0.272 e. The monoisotopic (exact) mass is 224 g/mol. The first-order chi connectivity index (χ1) is 7.56. The van der Waals surface area contributed by atoms with E-state index >= 15 is 0 Å². The topological polar surface area (TPSA) is 75.4 Å². The van der Waals surface area contributed by atoms with Gasteiger partial charge in [-0.2, -0.15) is 0 Å². The third-order valence-corrected chi connectivity index (χ3v) is 2.53. The third kappa shape index (κ3) is 3.01. The van der Waals surface area contributed by atoms with E-state index in [0.717, 1.165) is 5.56 Å². The zero-order valence-corrected chi connectivity index (χ0v) is 9.43. The molecule has 88 valence electrons. The second-order valence-corrected chi connectivity index (χ2v) is 3.78. The Labute approximate surface area is 94.3 Å². The molecule has 0 aliphatic heterocycles. The van der Waals surface area contributed by atoms with Crippen molar-refractivity contribution in [2.75, 3.05) is 6.61 Å². The van der Waals surface area contributed by atoms with E-state index in [9.17, 15) is 10.1 Å². The van der Waals surface area contributed by atoms with Gasteiger partial charge in [-0.1, -0.05) is 12.1 Å². The Kier molecular flexibility index (Phi) is 4.39. The Bertz CT molecular complexity index is 379. The summed E-state index contributed by atoms with van der Waals surface area (Å²) in [6.45, 7) is 4.16. The predicted octanol–water partition coefficient (Wildman–Crippen LogP) is 1.37. The van der Waals surface area contributed by atoms with Crippen LogP contribution in [0.3, 0.4) is 0 Å². The summed E-state index contributed by atoms with van der Waals surface area (Å²) in [5, 5.41) is 22.7. The fraction of sp³-hybridized carbons (Fsp3) is 0.455. The minimum atomic E-state index is -0.381. The van der Waals surface area contributed by atoms with Gasteiger partial charge in [0.2, 0.25) is 0 Å². The van der Waals surface area contributed by atoms with E-state index in [1.807, 2.05) is 13.0 Å². The van der Waals surface area contributed by atoms with Crippen molar-refractivity contribution in [1.82, 2.24) is 5.32 Å². The number of aliphatic hydroxyl groups is 1. The Morgan fingerprint density at radius 3 is 2.81 bits per heavy atom. The van der Waals surface area contributed by atoms with E-state index in [1.54, 1.807) is 13.0 Å². The van der Waals surface area contributed by atoms with Gasteiger partial charge in [0, 0.05) is 24.2 Å². The first kappa shape index (κ1) is 12.6. The molecule has 0 heterocycles. The molecule has 0 amide bonds. The summed E-state index contributed by atoms with van der Waals surface area (Å²) in [5.41, 5.74) is 1.69. The van der Waals surface area contributed by atoms with E-state index in [0.29, 0.717) is 12.1 Å². The summed E-state index contributed by atoms with van der Waals surface area (Å²) < 4.78 is 0. The van der Waals surface area contributed by atoms with Gasteiger partial charge in [0.1, 0.15) is 0 Å². The fourth-order valence-corrected chi connectivity index (χ4v) is 1.41. The lowest BCUT2D eigenvalue weighted by atomic mass is 10.1. The third-order valence-electron chi connectivity index (χ3n) is 2.53. The lowest BCUT2D eigenvalue weighted by Crippen LogP contribution is -2.28. The highest BCUT2D eigenvalue weighted by atomic mass is 16.6. The van der Waals surface area contributed by atoms with Crippen LogP contribution >= 0.6 is 0 Å². The van der Waals surface area contributed by atoms with Crippen LogP contribution < -0.4 is 5.32 Å². The second kappa shape index (κ2) is 5.58. The minimum Gasteiger partial charge on any atom is -0.395 e. The molecule has 0 saturated carbocycles. The van der Waals surface area contributed by atoms with Crippen molar-refractivity contribution in [3.63, 3.8) is 0 Å². The highest BCUT2D eigenvalue weighted by Gasteiger charge is 2.13. The summed E-state index contributed by atoms with van der Waals surface area (Å²) in [5.74, 6) is 0. The van der Waals surface area contributed by atoms with Gasteiger partial charge in [0.25, 0.3) is 5.69 Å². The lowest BCUT2D eigenvalue weighted by Gasteiger charge is -2.12. The Morgan fingerprint density at radius 1 is 1.56 bits per heavy atom. The number of nitrogens with zero attached hydrogens (tertiary/aromatic N) is 1. The van der Waals surface area contributed by atoms with Crippen molar-refractivity contribution < 1.29 is 10.0 Å². The highest BCUT2D eigenvalue weighted by Crippen LogP contribution is 2.20. The first-order valence-electron chi connectivity index (χ1n) is 5.13. The van der Waals surface area contributed by atoms with Crippen molar-refractivity contribution in [3.8, 4) is 0 Å². The summed E-state index contributed by atoms with van der Waals surface area (Å²) in [6.07, 6.45) is 0. The van der Waals surface area contributed by atoms with Crippen LogP contribution in [0.1, 0.15) is 18.1 Å². The molecule has 0 bridgehead atoms. The average Bonchev–Trinajstić information content (AvgIpc) is 2.26. The molecular formula is C11H16N2O3. The molecule has 1 aromatic rings. The number of nitrogens with one attached hydrogen (secondary N) is 1. The van der Waals surface area contributed by atoms with E-state index in [4.69, 9.17) is 5.11 Å². The maximum absolute atomic E-state index is 10.7. The molecule has 0 aliphatic rings. The maximum atomic E-state index is 10.7. The Morgan fingerprint density at radius 2 is 2.25 bits per heavy atom. The Hall–Kier alpha value is -1.46. The Balaban J connectivity index is 2.81. The molecule has 1 unspecified atom stereocenters. The largest absolute Gasteiger partial charge is 0.395 e. The standard InChI is InChI=1S/C11H16N2O3/c1-8(7-14)12-6-10-4-3-5-11(9(10)2)13(15)16/h3-5,8,12,14H,6-7H2,1-2H3. The summed E-state index contributed by atoms with van der Waals surface area (Å²) >= 11 is 0. The summed E-state index contributed by atoms with van der Waals surface area (Å²) in [7, 11) is 0. The van der Waals surface area contributed by atoms with E-state index in [2.05, 4.69) is 5.32 Å². The highest BCUT2D eigenvalue weighted by molar-refractivity contribution is 5.44. The van der Waals surface area contributed by atoms with Gasteiger partial charge < -0.3 is 10.4 Å². The van der Waals surface area contributed by atoms with Crippen molar-refractivity contribution in [2.45, 2.75) is 26.4 Å². The van der Waals surface area contributed by atoms with E-state index in [-0.39, 0.29) is 23.3 Å². The first-order valence-corrected chi connectivity index (χ1v) is 5.13. The molecule has 1 aromatic carbocycles. The van der Waals surface area contributed by atoms with Gasteiger partial charge in [0.05, 0.1) is 11.5 Å². The van der Waals surface area contributed by atoms with Crippen molar-refractivity contribution in [2.24, 2.45) is 0 Å². The number of hydrogen-bond donors (Lipinski definition) is 2. The minimum absolute atomic E-state index is 0.0151. The molecule has 5 heteroatoms. The van der Waals surface area contributed by atoms with E-state index < -0.39 is 0 Å². The number of hydrogen-bond acceptors (Lipinski definition) is 4.